The molecule has 1 aliphatic heterocycles. The predicted octanol–water partition coefficient (Wildman–Crippen LogP) is 2.57. The largest absolute Gasteiger partial charge is 0.381 e. The fourth-order valence-corrected chi connectivity index (χ4v) is 2.07. The van der Waals surface area contributed by atoms with Gasteiger partial charge in [-0.3, -0.25) is 10.1 Å². The Labute approximate surface area is 104 Å². The molecule has 6 heteroatoms. The maximum absolute atomic E-state index is 13.3. The van der Waals surface area contributed by atoms with Crippen LogP contribution in [0.1, 0.15) is 12.8 Å². The van der Waals surface area contributed by atoms with Gasteiger partial charge in [-0.2, -0.15) is 4.39 Å². The molecule has 1 N–H and O–H groups in total. The Morgan fingerprint density at radius 3 is 3.06 bits per heavy atom. The van der Waals surface area contributed by atoms with Crippen LogP contribution in [0.4, 0.5) is 15.8 Å². The highest BCUT2D eigenvalue weighted by Crippen LogP contribution is 2.27. The van der Waals surface area contributed by atoms with Crippen molar-refractivity contribution in [3.8, 4) is 0 Å². The van der Waals surface area contributed by atoms with Crippen LogP contribution in [0.2, 0.25) is 0 Å². The lowest BCUT2D eigenvalue weighted by Crippen LogP contribution is -2.10. The molecule has 1 aromatic carbocycles. The van der Waals surface area contributed by atoms with Gasteiger partial charge >= 0.3 is 5.69 Å². The van der Waals surface area contributed by atoms with E-state index in [1.54, 1.807) is 0 Å². The Balaban J connectivity index is 1.96. The molecule has 2 rings (SSSR count). The topological polar surface area (TPSA) is 64.4 Å². The minimum absolute atomic E-state index is 0.235. The summed E-state index contributed by atoms with van der Waals surface area (Å²) >= 11 is 0. The van der Waals surface area contributed by atoms with Crippen molar-refractivity contribution in [2.24, 2.45) is 5.92 Å². The number of nitro benzene ring substituents is 1. The summed E-state index contributed by atoms with van der Waals surface area (Å²) in [6, 6.07) is 4.07. The van der Waals surface area contributed by atoms with E-state index in [1.165, 1.54) is 12.1 Å². The van der Waals surface area contributed by atoms with Crippen molar-refractivity contribution in [3.05, 3.63) is 34.1 Å². The standard InChI is InChI=1S/C12H15FN2O3/c13-10-2-1-3-11(12(10)15(16)17)14-6-4-9-5-7-18-8-9/h1-3,9,14H,4-8H2. The molecule has 1 fully saturated rings. The number of hydrogen-bond acceptors (Lipinski definition) is 4. The Hall–Kier alpha value is -1.69. The van der Waals surface area contributed by atoms with Gasteiger partial charge in [0.25, 0.3) is 0 Å². The summed E-state index contributed by atoms with van der Waals surface area (Å²) in [6.07, 6.45) is 1.89. The summed E-state index contributed by atoms with van der Waals surface area (Å²) in [5.74, 6) is -0.320. The minimum atomic E-state index is -0.811. The molecule has 0 amide bonds. The second-order valence-corrected chi connectivity index (χ2v) is 4.34. The third-order valence-corrected chi connectivity index (χ3v) is 3.06. The lowest BCUT2D eigenvalue weighted by molar-refractivity contribution is -0.386. The van der Waals surface area contributed by atoms with E-state index in [0.717, 1.165) is 32.1 Å². The molecule has 0 saturated carbocycles. The molecule has 1 atom stereocenters. The molecular formula is C12H15FN2O3. The summed E-state index contributed by atoms with van der Waals surface area (Å²) < 4.78 is 18.6. The van der Waals surface area contributed by atoms with Crippen molar-refractivity contribution in [3.63, 3.8) is 0 Å². The molecule has 0 aromatic heterocycles. The fraction of sp³-hybridized carbons (Fsp3) is 0.500. The molecule has 0 spiro atoms. The highest BCUT2D eigenvalue weighted by Gasteiger charge is 2.20. The van der Waals surface area contributed by atoms with Crippen LogP contribution in [-0.4, -0.2) is 24.7 Å². The van der Waals surface area contributed by atoms with Crippen molar-refractivity contribution in [1.29, 1.82) is 0 Å². The first-order chi connectivity index (χ1) is 8.68. The van der Waals surface area contributed by atoms with Gasteiger partial charge in [-0.1, -0.05) is 6.07 Å². The van der Waals surface area contributed by atoms with Gasteiger partial charge in [-0.25, -0.2) is 0 Å². The molecule has 1 aromatic rings. The summed E-state index contributed by atoms with van der Waals surface area (Å²) in [5, 5.41) is 13.7. The van der Waals surface area contributed by atoms with E-state index < -0.39 is 16.4 Å². The van der Waals surface area contributed by atoms with Crippen LogP contribution >= 0.6 is 0 Å². The highest BCUT2D eigenvalue weighted by atomic mass is 19.1. The van der Waals surface area contributed by atoms with Crippen LogP contribution in [0.25, 0.3) is 0 Å². The molecule has 98 valence electrons. The number of hydrogen-bond donors (Lipinski definition) is 1. The highest BCUT2D eigenvalue weighted by molar-refractivity contribution is 5.61. The molecule has 0 aliphatic carbocycles. The Morgan fingerprint density at radius 1 is 1.56 bits per heavy atom. The third kappa shape index (κ3) is 2.95. The molecule has 5 nitrogen and oxygen atoms in total. The molecular weight excluding hydrogens is 239 g/mol. The Bertz CT molecular complexity index is 433. The zero-order valence-corrected chi connectivity index (χ0v) is 9.89. The normalized spacial score (nSPS) is 18.8. The van der Waals surface area contributed by atoms with Crippen LogP contribution in [0, 0.1) is 21.8 Å². The van der Waals surface area contributed by atoms with E-state index >= 15 is 0 Å². The maximum Gasteiger partial charge on any atom is 0.327 e. The number of para-hydroxylation sites is 1. The summed E-state index contributed by atoms with van der Waals surface area (Å²) in [5.41, 5.74) is -0.251. The number of nitrogens with one attached hydrogen (secondary N) is 1. The zero-order valence-electron chi connectivity index (χ0n) is 9.89. The van der Waals surface area contributed by atoms with Crippen LogP contribution in [-0.2, 0) is 4.74 Å². The van der Waals surface area contributed by atoms with Gasteiger partial charge in [-0.15, -0.1) is 0 Å². The van der Waals surface area contributed by atoms with Crippen molar-refractivity contribution in [2.45, 2.75) is 12.8 Å². The number of benzene rings is 1. The van der Waals surface area contributed by atoms with Crippen LogP contribution in [0.15, 0.2) is 18.2 Å². The van der Waals surface area contributed by atoms with Crippen molar-refractivity contribution < 1.29 is 14.1 Å². The third-order valence-electron chi connectivity index (χ3n) is 3.06. The van der Waals surface area contributed by atoms with Gasteiger partial charge in [0.1, 0.15) is 5.69 Å². The minimum Gasteiger partial charge on any atom is -0.381 e. The van der Waals surface area contributed by atoms with Gasteiger partial charge < -0.3 is 10.1 Å². The van der Waals surface area contributed by atoms with Gasteiger partial charge in [0.05, 0.1) is 4.92 Å². The second kappa shape index (κ2) is 5.77. The monoisotopic (exact) mass is 254 g/mol. The number of halogens is 1. The first kappa shape index (κ1) is 12.8. The average molecular weight is 254 g/mol. The van der Waals surface area contributed by atoms with E-state index in [1.807, 2.05) is 0 Å². The van der Waals surface area contributed by atoms with Gasteiger partial charge in [0, 0.05) is 19.8 Å². The lowest BCUT2D eigenvalue weighted by atomic mass is 10.1. The average Bonchev–Trinajstić information content (AvgIpc) is 2.81. The maximum atomic E-state index is 13.3. The molecule has 1 aliphatic rings. The van der Waals surface area contributed by atoms with Crippen LogP contribution in [0.3, 0.4) is 0 Å². The Kier molecular flexibility index (Phi) is 4.09. The number of ether oxygens (including phenoxy) is 1. The molecule has 1 unspecified atom stereocenters. The fourth-order valence-electron chi connectivity index (χ4n) is 2.07. The number of nitro groups is 1. The van der Waals surface area contributed by atoms with E-state index in [4.69, 9.17) is 4.74 Å². The van der Waals surface area contributed by atoms with Crippen molar-refractivity contribution in [1.82, 2.24) is 0 Å². The van der Waals surface area contributed by atoms with Crippen molar-refractivity contribution in [2.75, 3.05) is 25.1 Å². The van der Waals surface area contributed by atoms with E-state index in [9.17, 15) is 14.5 Å². The second-order valence-electron chi connectivity index (χ2n) is 4.34. The Morgan fingerprint density at radius 2 is 2.39 bits per heavy atom. The molecule has 1 heterocycles. The van der Waals surface area contributed by atoms with Gasteiger partial charge in [0.15, 0.2) is 0 Å². The number of anilines is 1. The van der Waals surface area contributed by atoms with Crippen LogP contribution in [0.5, 0.6) is 0 Å². The van der Waals surface area contributed by atoms with Gasteiger partial charge in [0.2, 0.25) is 5.82 Å². The van der Waals surface area contributed by atoms with E-state index in [0.29, 0.717) is 12.5 Å². The quantitative estimate of drug-likeness (QED) is 0.648. The first-order valence-corrected chi connectivity index (χ1v) is 5.93. The SMILES string of the molecule is O=[N+]([O-])c1c(F)cccc1NCCC1CCOC1. The molecule has 18 heavy (non-hydrogen) atoms. The predicted molar refractivity (Wildman–Crippen MR) is 65.1 cm³/mol. The summed E-state index contributed by atoms with van der Waals surface area (Å²) in [7, 11) is 0. The van der Waals surface area contributed by atoms with E-state index in [-0.39, 0.29) is 5.69 Å². The number of rotatable bonds is 5. The smallest absolute Gasteiger partial charge is 0.327 e. The van der Waals surface area contributed by atoms with Crippen LogP contribution < -0.4 is 5.32 Å². The first-order valence-electron chi connectivity index (χ1n) is 5.93. The summed E-state index contributed by atoms with van der Waals surface area (Å²) in [6.45, 7) is 2.11. The van der Waals surface area contributed by atoms with E-state index in [2.05, 4.69) is 5.32 Å². The molecule has 0 bridgehead atoms. The summed E-state index contributed by atoms with van der Waals surface area (Å²) in [4.78, 5) is 10.1. The molecule has 0 radical (unpaired) electrons. The molecule has 1 saturated heterocycles. The van der Waals surface area contributed by atoms with Crippen molar-refractivity contribution >= 4 is 11.4 Å². The van der Waals surface area contributed by atoms with Gasteiger partial charge in [-0.05, 0) is 30.9 Å². The zero-order chi connectivity index (χ0) is 13.0. The number of nitrogens with zero attached hydrogens (tertiary/aromatic N) is 1. The lowest BCUT2D eigenvalue weighted by Gasteiger charge is -2.10.